The lowest BCUT2D eigenvalue weighted by molar-refractivity contribution is -0.132. The smallest absolute Gasteiger partial charge is 0.414 e. The van der Waals surface area contributed by atoms with Gasteiger partial charge in [-0.3, -0.25) is 19.9 Å². The normalized spacial score (nSPS) is 17.1. The number of piperazine rings is 1. The summed E-state index contributed by atoms with van der Waals surface area (Å²) in [4.78, 5) is 64.8. The number of amides is 2. The van der Waals surface area contributed by atoms with Crippen molar-refractivity contribution in [3.63, 3.8) is 0 Å². The molecule has 4 aromatic rings. The highest BCUT2D eigenvalue weighted by molar-refractivity contribution is 7.89. The van der Waals surface area contributed by atoms with Gasteiger partial charge in [-0.25, -0.2) is 18.2 Å². The van der Waals surface area contributed by atoms with Gasteiger partial charge in [0.05, 0.1) is 22.9 Å². The van der Waals surface area contributed by atoms with E-state index in [1.807, 2.05) is 36.4 Å². The van der Waals surface area contributed by atoms with Gasteiger partial charge in [0.1, 0.15) is 35.4 Å². The molecule has 0 saturated carbocycles. The number of H-pyrrole nitrogens is 1. The number of para-hydroxylation sites is 1. The molecular weight excluding hydrogens is 649 g/mol. The van der Waals surface area contributed by atoms with Crippen LogP contribution in [-0.2, 0) is 31.0 Å². The Hall–Kier alpha value is -5.13. The molecule has 47 heavy (non-hydrogen) atoms. The Balaban J connectivity index is 1.11. The van der Waals surface area contributed by atoms with Gasteiger partial charge in [0.25, 0.3) is 5.56 Å². The first-order valence-electron chi connectivity index (χ1n) is 14.5. The Morgan fingerprint density at radius 1 is 1.13 bits per heavy atom. The lowest BCUT2D eigenvalue weighted by Crippen LogP contribution is -2.58. The zero-order chi connectivity index (χ0) is 33.1. The fourth-order valence-corrected chi connectivity index (χ4v) is 8.49. The molecule has 0 spiro atoms. The molecule has 3 N–H and O–H groups in total. The quantitative estimate of drug-likeness (QED) is 0.165. The van der Waals surface area contributed by atoms with Crippen molar-refractivity contribution >= 4 is 67.3 Å². The van der Waals surface area contributed by atoms with Crippen molar-refractivity contribution in [2.24, 2.45) is 0 Å². The number of aldehydes is 1. The number of thiazole rings is 1. The minimum atomic E-state index is -4.11. The van der Waals surface area contributed by atoms with E-state index in [1.54, 1.807) is 18.2 Å². The molecule has 2 unspecified atom stereocenters. The molecule has 2 aliphatic rings. The van der Waals surface area contributed by atoms with E-state index in [2.05, 4.69) is 32.2 Å². The summed E-state index contributed by atoms with van der Waals surface area (Å²) in [6.45, 7) is 3.34. The Kier molecular flexibility index (Phi) is 9.01. The van der Waals surface area contributed by atoms with Crippen LogP contribution in [-0.4, -0.2) is 89.8 Å². The van der Waals surface area contributed by atoms with Crippen LogP contribution in [0.25, 0.3) is 10.2 Å². The molecule has 2 aromatic carbocycles. The largest absolute Gasteiger partial charge is 0.444 e. The van der Waals surface area contributed by atoms with Gasteiger partial charge in [0.15, 0.2) is 5.82 Å². The SMILES string of the molecule is C=CC(c1nc2ccccc2s1)S(=O)(=O)N1CCN(C(=O)CN2CNc3c2nc(NC(=O)OCc2ccccc2)[nH]c3=O)CC1C=O. The van der Waals surface area contributed by atoms with Crippen molar-refractivity contribution in [3.8, 4) is 0 Å². The monoisotopic (exact) mass is 678 g/mol. The van der Waals surface area contributed by atoms with Crippen LogP contribution in [0.4, 0.5) is 22.2 Å². The molecule has 2 aliphatic heterocycles. The van der Waals surface area contributed by atoms with E-state index in [4.69, 9.17) is 4.74 Å². The average Bonchev–Trinajstić information content (AvgIpc) is 3.68. The molecule has 1 saturated heterocycles. The molecule has 2 atom stereocenters. The molecule has 1 fully saturated rings. The maximum Gasteiger partial charge on any atom is 0.414 e. The highest BCUT2D eigenvalue weighted by Crippen LogP contribution is 2.34. The summed E-state index contributed by atoms with van der Waals surface area (Å²) in [5.41, 5.74) is 0.995. The van der Waals surface area contributed by atoms with Gasteiger partial charge in [-0.1, -0.05) is 48.5 Å². The molecule has 17 heteroatoms. The molecular formula is C30H30N8O7S2. The van der Waals surface area contributed by atoms with Crippen LogP contribution >= 0.6 is 11.3 Å². The molecule has 2 aromatic heterocycles. The van der Waals surface area contributed by atoms with Crippen molar-refractivity contribution < 1.29 is 27.5 Å². The third-order valence-electron chi connectivity index (χ3n) is 7.70. The van der Waals surface area contributed by atoms with Crippen molar-refractivity contribution in [1.82, 2.24) is 24.2 Å². The number of sulfonamides is 1. The number of hydrogen-bond acceptors (Lipinski definition) is 12. The van der Waals surface area contributed by atoms with Gasteiger partial charge in [0, 0.05) is 19.6 Å². The van der Waals surface area contributed by atoms with Gasteiger partial charge in [-0.05, 0) is 17.7 Å². The maximum absolute atomic E-state index is 13.8. The molecule has 0 aliphatic carbocycles. The van der Waals surface area contributed by atoms with Crippen LogP contribution in [0.2, 0.25) is 0 Å². The first-order valence-corrected chi connectivity index (χ1v) is 16.8. The molecule has 244 valence electrons. The second kappa shape index (κ2) is 13.3. The first kappa shape index (κ1) is 31.8. The highest BCUT2D eigenvalue weighted by atomic mass is 32.2. The molecule has 15 nitrogen and oxygen atoms in total. The van der Waals surface area contributed by atoms with Crippen molar-refractivity contribution in [2.75, 3.05) is 48.4 Å². The summed E-state index contributed by atoms with van der Waals surface area (Å²) < 4.78 is 34.7. The number of aromatic amines is 1. The summed E-state index contributed by atoms with van der Waals surface area (Å²) in [5, 5.41) is 4.46. The number of carbonyl (C=O) groups is 3. The van der Waals surface area contributed by atoms with Crippen LogP contribution in [0, 0.1) is 0 Å². The van der Waals surface area contributed by atoms with Gasteiger partial charge in [0.2, 0.25) is 21.9 Å². The lowest BCUT2D eigenvalue weighted by Gasteiger charge is -2.39. The third-order valence-corrected chi connectivity index (χ3v) is 11.1. The van der Waals surface area contributed by atoms with E-state index in [9.17, 15) is 27.6 Å². The van der Waals surface area contributed by atoms with E-state index >= 15 is 0 Å². The second-order valence-corrected chi connectivity index (χ2v) is 13.8. The van der Waals surface area contributed by atoms with Crippen molar-refractivity contribution in [3.05, 3.63) is 88.2 Å². The molecule has 0 bridgehead atoms. The topological polar surface area (TPSA) is 187 Å². The number of carbonyl (C=O) groups excluding carboxylic acids is 3. The van der Waals surface area contributed by atoms with Gasteiger partial charge < -0.3 is 24.6 Å². The Labute approximate surface area is 272 Å². The fourth-order valence-electron chi connectivity index (χ4n) is 5.36. The van der Waals surface area contributed by atoms with Crippen LogP contribution in [0.3, 0.4) is 0 Å². The van der Waals surface area contributed by atoms with E-state index < -0.39 is 38.9 Å². The van der Waals surface area contributed by atoms with Crippen LogP contribution in [0.15, 0.2) is 72.0 Å². The number of fused-ring (bicyclic) bond motifs is 2. The number of aromatic nitrogens is 3. The van der Waals surface area contributed by atoms with Crippen molar-refractivity contribution in [1.29, 1.82) is 0 Å². The van der Waals surface area contributed by atoms with Crippen LogP contribution in [0.5, 0.6) is 0 Å². The zero-order valence-corrected chi connectivity index (χ0v) is 26.5. The predicted molar refractivity (Wildman–Crippen MR) is 176 cm³/mol. The second-order valence-electron chi connectivity index (χ2n) is 10.7. The molecule has 6 rings (SSSR count). The van der Waals surface area contributed by atoms with Crippen LogP contribution < -0.4 is 21.1 Å². The van der Waals surface area contributed by atoms with Gasteiger partial charge in [-0.15, -0.1) is 17.9 Å². The maximum atomic E-state index is 13.8. The van der Waals surface area contributed by atoms with E-state index in [1.165, 1.54) is 27.2 Å². The molecule has 4 heterocycles. The molecule has 0 radical (unpaired) electrons. The average molecular weight is 679 g/mol. The summed E-state index contributed by atoms with van der Waals surface area (Å²) in [6, 6.07) is 15.2. The van der Waals surface area contributed by atoms with E-state index in [0.29, 0.717) is 16.8 Å². The first-order chi connectivity index (χ1) is 22.7. The van der Waals surface area contributed by atoms with E-state index in [-0.39, 0.29) is 56.9 Å². The summed E-state index contributed by atoms with van der Waals surface area (Å²) in [5.74, 6) is -0.440. The van der Waals surface area contributed by atoms with Crippen LogP contribution in [0.1, 0.15) is 15.8 Å². The predicted octanol–water partition coefficient (Wildman–Crippen LogP) is 2.29. The van der Waals surface area contributed by atoms with Gasteiger partial charge in [-0.2, -0.15) is 9.29 Å². The molecule has 2 amide bonds. The number of hydrogen-bond donors (Lipinski definition) is 3. The Morgan fingerprint density at radius 2 is 1.89 bits per heavy atom. The van der Waals surface area contributed by atoms with E-state index in [0.717, 1.165) is 14.6 Å². The number of benzene rings is 2. The fraction of sp³-hybridized carbons (Fsp3) is 0.267. The Morgan fingerprint density at radius 3 is 2.64 bits per heavy atom. The zero-order valence-electron chi connectivity index (χ0n) is 24.9. The minimum Gasteiger partial charge on any atom is -0.444 e. The number of anilines is 3. The van der Waals surface area contributed by atoms with Gasteiger partial charge >= 0.3 is 6.09 Å². The standard InChI is InChI=1S/C30H30N8O7S2/c1-2-23(28-32-21-10-6-7-11-22(21)46-28)47(43,44)38-13-12-36(14-20(38)16-39)24(40)15-37-18-31-25-26(37)33-29(34-27(25)41)35-30(42)45-17-19-8-4-3-5-9-19/h2-11,16,20,23,31H,1,12-15,17-18H2,(H2,33,34,35,41,42). The number of nitrogens with zero attached hydrogens (tertiary/aromatic N) is 5. The highest BCUT2D eigenvalue weighted by Gasteiger charge is 2.42. The van der Waals surface area contributed by atoms with Crippen molar-refractivity contribution in [2.45, 2.75) is 17.9 Å². The summed E-state index contributed by atoms with van der Waals surface area (Å²) in [6.07, 6.45) is 0.975. The summed E-state index contributed by atoms with van der Waals surface area (Å²) >= 11 is 1.24. The number of rotatable bonds is 10. The lowest BCUT2D eigenvalue weighted by atomic mass is 10.2. The minimum absolute atomic E-state index is 0.0105. The summed E-state index contributed by atoms with van der Waals surface area (Å²) in [7, 11) is -4.11. The number of nitrogens with one attached hydrogen (secondary N) is 3. The third kappa shape index (κ3) is 6.58. The number of ether oxygens (including phenoxy) is 1. The Bertz CT molecular complexity index is 1970.